The zero-order valence-corrected chi connectivity index (χ0v) is 18.5. The fourth-order valence-corrected chi connectivity index (χ4v) is 5.74. The first-order valence-electron chi connectivity index (χ1n) is 13.0. The number of fused-ring (bicyclic) bond motifs is 9. The van der Waals surface area contributed by atoms with Crippen molar-refractivity contribution in [3.05, 3.63) is 78.0 Å². The molecule has 0 atom stereocenters. The molecule has 1 nitrogen and oxygen atoms in total. The molecule has 6 rings (SSSR count). The van der Waals surface area contributed by atoms with Crippen LogP contribution in [0.25, 0.3) is 52.6 Å². The average Bonchev–Trinajstić information content (AvgIpc) is 3.18. The first-order valence-corrected chi connectivity index (χ1v) is 11.3. The van der Waals surface area contributed by atoms with Crippen LogP contribution in [0.5, 0.6) is 0 Å². The van der Waals surface area contributed by atoms with E-state index in [0.29, 0.717) is 10.9 Å². The topological polar surface area (TPSA) is 12.9 Å². The van der Waals surface area contributed by atoms with Gasteiger partial charge in [-0.05, 0) is 64.1 Å². The Hall–Kier alpha value is -2.97. The van der Waals surface area contributed by atoms with E-state index in [1.165, 1.54) is 10.9 Å². The fraction of sp³-hybridized carbons (Fsp3) is 0.207. The lowest BCUT2D eigenvalue weighted by Gasteiger charge is -2.22. The second-order valence-corrected chi connectivity index (χ2v) is 10.3. The zero-order valence-electron chi connectivity index (χ0n) is 22.7. The van der Waals surface area contributed by atoms with Crippen LogP contribution in [0.4, 0.5) is 0 Å². The average molecular weight is 425 g/mol. The molecule has 152 valence electrons. The number of hydrogen-bond donors (Lipinski definition) is 0. The highest BCUT2D eigenvalue weighted by Gasteiger charge is 2.20. The molecule has 0 aliphatic rings. The molecular weight excluding hydrogens is 394 g/mol. The smallest absolute Gasteiger partial charge is 0.0789 e. The van der Waals surface area contributed by atoms with Gasteiger partial charge in [0.1, 0.15) is 0 Å². The molecule has 0 unspecified atom stereocenters. The molecule has 0 amide bonds. The quantitative estimate of drug-likeness (QED) is 0.240. The van der Waals surface area contributed by atoms with Crippen molar-refractivity contribution in [2.24, 2.45) is 5.41 Å². The molecule has 0 bridgehead atoms. The third kappa shape index (κ3) is 2.85. The molecule has 0 saturated heterocycles. The van der Waals surface area contributed by atoms with Crippen LogP contribution >= 0.6 is 11.3 Å². The van der Waals surface area contributed by atoms with Crippen LogP contribution in [0.1, 0.15) is 38.8 Å². The van der Waals surface area contributed by atoms with Crippen molar-refractivity contribution < 1.29 is 6.85 Å². The maximum Gasteiger partial charge on any atom is 0.0789 e. The molecule has 31 heavy (non-hydrogen) atoms. The summed E-state index contributed by atoms with van der Waals surface area (Å²) in [7, 11) is 0. The highest BCUT2D eigenvalue weighted by Crippen LogP contribution is 2.43. The molecule has 0 radical (unpaired) electrons. The molecule has 0 N–H and O–H groups in total. The SMILES string of the molecule is [2H]C([2H])([2H])c1cnc2c3ccccc3c3cc4sc5ccccc5c4cc3c2c1C([2H])([2H])C(C)(C)C. The van der Waals surface area contributed by atoms with Gasteiger partial charge in [-0.15, -0.1) is 11.3 Å². The molecule has 4 aromatic carbocycles. The molecular formula is C29H25NS. The minimum absolute atomic E-state index is 0.0261. The number of aromatic nitrogens is 1. The lowest BCUT2D eigenvalue weighted by molar-refractivity contribution is 0.412. The molecule has 0 fully saturated rings. The summed E-state index contributed by atoms with van der Waals surface area (Å²) in [5, 5.41) is 6.55. The van der Waals surface area contributed by atoms with Crippen molar-refractivity contribution in [1.82, 2.24) is 4.98 Å². The van der Waals surface area contributed by atoms with E-state index < -0.39 is 18.6 Å². The Morgan fingerprint density at radius 1 is 0.839 bits per heavy atom. The first-order chi connectivity index (χ1) is 16.9. The van der Waals surface area contributed by atoms with Crippen LogP contribution < -0.4 is 0 Å². The summed E-state index contributed by atoms with van der Waals surface area (Å²) < 4.78 is 45.7. The highest BCUT2D eigenvalue weighted by atomic mass is 32.1. The summed E-state index contributed by atoms with van der Waals surface area (Å²) in [6, 6.07) is 20.6. The summed E-state index contributed by atoms with van der Waals surface area (Å²) >= 11 is 1.73. The molecule has 0 spiro atoms. The second-order valence-electron chi connectivity index (χ2n) is 9.18. The molecule has 0 aliphatic carbocycles. The van der Waals surface area contributed by atoms with Gasteiger partial charge in [-0.3, -0.25) is 4.98 Å². The normalized spacial score (nSPS) is 15.9. The van der Waals surface area contributed by atoms with Gasteiger partial charge < -0.3 is 0 Å². The standard InChI is InChI=1S/C29H25NS/c1-17-16-30-28-20-11-6-5-9-18(20)21-14-26-22(19-10-7-8-12-25(19)31-26)13-23(21)27(28)24(17)15-29(2,3)4/h5-14,16H,15H2,1-4H3/i1D3,15D2. The largest absolute Gasteiger partial charge is 0.255 e. The fourth-order valence-electron chi connectivity index (χ4n) is 4.61. The van der Waals surface area contributed by atoms with Gasteiger partial charge in [-0.25, -0.2) is 0 Å². The minimum Gasteiger partial charge on any atom is -0.255 e. The molecule has 0 aliphatic heterocycles. The number of pyridine rings is 1. The maximum absolute atomic E-state index is 9.26. The Bertz CT molecular complexity index is 1840. The lowest BCUT2D eigenvalue weighted by Crippen LogP contribution is -2.11. The van der Waals surface area contributed by atoms with Gasteiger partial charge in [0.25, 0.3) is 0 Å². The van der Waals surface area contributed by atoms with Gasteiger partial charge in [-0.2, -0.15) is 0 Å². The zero-order chi connectivity index (χ0) is 25.6. The monoisotopic (exact) mass is 424 g/mol. The van der Waals surface area contributed by atoms with Gasteiger partial charge in [0.15, 0.2) is 0 Å². The Kier molecular flexibility index (Phi) is 2.97. The number of nitrogens with zero attached hydrogens (tertiary/aromatic N) is 1. The van der Waals surface area contributed by atoms with Crippen LogP contribution in [0.3, 0.4) is 0 Å². The van der Waals surface area contributed by atoms with Crippen molar-refractivity contribution in [3.8, 4) is 0 Å². The molecule has 2 heterocycles. The van der Waals surface area contributed by atoms with Crippen LogP contribution in [0.2, 0.25) is 0 Å². The Morgan fingerprint density at radius 2 is 1.58 bits per heavy atom. The van der Waals surface area contributed by atoms with Crippen LogP contribution in [0.15, 0.2) is 66.9 Å². The van der Waals surface area contributed by atoms with Crippen LogP contribution in [-0.4, -0.2) is 4.98 Å². The molecule has 2 aromatic heterocycles. The predicted molar refractivity (Wildman–Crippen MR) is 138 cm³/mol. The summed E-state index contributed by atoms with van der Waals surface area (Å²) in [6.07, 6.45) is -0.565. The second kappa shape index (κ2) is 6.51. The molecule has 2 heteroatoms. The summed E-state index contributed by atoms with van der Waals surface area (Å²) in [6.45, 7) is 2.94. The van der Waals surface area contributed by atoms with E-state index in [0.717, 1.165) is 37.0 Å². The van der Waals surface area contributed by atoms with E-state index in [1.54, 1.807) is 11.3 Å². The Labute approximate surface area is 193 Å². The predicted octanol–water partition coefficient (Wildman–Crippen LogP) is 8.81. The number of benzene rings is 4. The number of thiophene rings is 1. The van der Waals surface area contributed by atoms with Gasteiger partial charge in [0.2, 0.25) is 0 Å². The van der Waals surface area contributed by atoms with E-state index in [9.17, 15) is 2.74 Å². The summed E-state index contributed by atoms with van der Waals surface area (Å²) in [5.74, 6) is 0. The van der Waals surface area contributed by atoms with Gasteiger partial charge in [0.05, 0.1) is 5.52 Å². The van der Waals surface area contributed by atoms with E-state index in [-0.39, 0.29) is 11.1 Å². The third-order valence-corrected chi connectivity index (χ3v) is 6.97. The minimum atomic E-state index is -2.51. The first kappa shape index (κ1) is 14.2. The summed E-state index contributed by atoms with van der Waals surface area (Å²) in [4.78, 5) is 4.69. The Balaban J connectivity index is 1.96. The highest BCUT2D eigenvalue weighted by molar-refractivity contribution is 7.25. The maximum atomic E-state index is 9.26. The Morgan fingerprint density at radius 3 is 2.35 bits per heavy atom. The van der Waals surface area contributed by atoms with Gasteiger partial charge in [0, 0.05) is 44.0 Å². The molecule has 6 aromatic rings. The van der Waals surface area contributed by atoms with E-state index >= 15 is 0 Å². The van der Waals surface area contributed by atoms with Gasteiger partial charge in [-0.1, -0.05) is 63.2 Å². The van der Waals surface area contributed by atoms with Crippen molar-refractivity contribution in [1.29, 1.82) is 0 Å². The van der Waals surface area contributed by atoms with E-state index in [4.69, 9.17) is 4.11 Å². The van der Waals surface area contributed by atoms with Crippen LogP contribution in [0, 0.1) is 12.3 Å². The lowest BCUT2D eigenvalue weighted by atomic mass is 9.83. The van der Waals surface area contributed by atoms with Crippen molar-refractivity contribution in [3.63, 3.8) is 0 Å². The third-order valence-electron chi connectivity index (χ3n) is 5.84. The van der Waals surface area contributed by atoms with E-state index in [1.807, 2.05) is 51.1 Å². The van der Waals surface area contributed by atoms with Gasteiger partial charge >= 0.3 is 0 Å². The number of hydrogen-bond acceptors (Lipinski definition) is 2. The van der Waals surface area contributed by atoms with Crippen molar-refractivity contribution >= 4 is 64.0 Å². The van der Waals surface area contributed by atoms with Crippen LogP contribution in [-0.2, 0) is 6.37 Å². The van der Waals surface area contributed by atoms with Crippen molar-refractivity contribution in [2.45, 2.75) is 34.0 Å². The van der Waals surface area contributed by atoms with Crippen molar-refractivity contribution in [2.75, 3.05) is 0 Å². The summed E-state index contributed by atoms with van der Waals surface area (Å²) in [5.41, 5.74) is -0.0251. The molecule has 0 saturated carbocycles. The van der Waals surface area contributed by atoms with E-state index in [2.05, 4.69) is 35.3 Å². The number of rotatable bonds is 1. The number of aryl methyl sites for hydroxylation is 1.